The fourth-order valence-corrected chi connectivity index (χ4v) is 3.99. The van der Waals surface area contributed by atoms with Crippen LogP contribution in [0.4, 0.5) is 0 Å². The summed E-state index contributed by atoms with van der Waals surface area (Å²) in [6.45, 7) is 2.20. The minimum absolute atomic E-state index is 0.848. The van der Waals surface area contributed by atoms with Crippen molar-refractivity contribution in [1.82, 2.24) is 0 Å². The number of allylic oxidation sites excluding steroid dienone is 1. The minimum atomic E-state index is 0.848. The number of rotatable bonds is 2. The first kappa shape index (κ1) is 12.0. The second-order valence-electron chi connectivity index (χ2n) is 6.29. The number of hydrogen-bond donors (Lipinski definition) is 0. The van der Waals surface area contributed by atoms with Gasteiger partial charge in [0, 0.05) is 0 Å². The molecule has 0 aromatic heterocycles. The quantitative estimate of drug-likeness (QED) is 0.615. The Morgan fingerprint density at radius 1 is 0.950 bits per heavy atom. The van der Waals surface area contributed by atoms with Gasteiger partial charge in [0.25, 0.3) is 0 Å². The van der Waals surface area contributed by atoms with E-state index in [0.29, 0.717) is 0 Å². The van der Waals surface area contributed by atoms with E-state index in [-0.39, 0.29) is 0 Å². The molecule has 2 aliphatic rings. The average Bonchev–Trinajstić information content (AvgIpc) is 3.10. The average molecular weight is 260 g/mol. The van der Waals surface area contributed by atoms with Gasteiger partial charge in [-0.2, -0.15) is 0 Å². The number of hydrogen-bond acceptors (Lipinski definition) is 0. The van der Waals surface area contributed by atoms with Gasteiger partial charge < -0.3 is 0 Å². The molecule has 0 unspecified atom stereocenters. The van der Waals surface area contributed by atoms with E-state index in [2.05, 4.69) is 61.5 Å². The highest BCUT2D eigenvalue weighted by Gasteiger charge is 2.36. The first-order chi connectivity index (χ1) is 9.81. The van der Waals surface area contributed by atoms with Crippen LogP contribution >= 0.6 is 0 Å². The molecule has 1 fully saturated rings. The predicted molar refractivity (Wildman–Crippen MR) is 85.8 cm³/mol. The molecule has 20 heavy (non-hydrogen) atoms. The maximum absolute atomic E-state index is 2.44. The molecular formula is C20H20. The zero-order valence-electron chi connectivity index (χ0n) is 12.0. The lowest BCUT2D eigenvalue weighted by Crippen LogP contribution is -1.97. The molecule has 100 valence electrons. The first-order valence-electron chi connectivity index (χ1n) is 7.69. The molecule has 2 aliphatic carbocycles. The van der Waals surface area contributed by atoms with Crippen molar-refractivity contribution in [3.05, 3.63) is 70.8 Å². The third-order valence-electron chi connectivity index (χ3n) is 5.04. The SMILES string of the molecule is CC(=Cc1ccc2c(c1)[C@@H]1CC[C@@H]2C1)c1ccccc1. The van der Waals surface area contributed by atoms with Gasteiger partial charge in [0.15, 0.2) is 0 Å². The molecule has 0 N–H and O–H groups in total. The zero-order chi connectivity index (χ0) is 13.5. The van der Waals surface area contributed by atoms with Crippen LogP contribution in [-0.4, -0.2) is 0 Å². The molecule has 1 saturated carbocycles. The van der Waals surface area contributed by atoms with Crippen LogP contribution in [0.25, 0.3) is 11.6 Å². The van der Waals surface area contributed by atoms with Crippen molar-refractivity contribution < 1.29 is 0 Å². The van der Waals surface area contributed by atoms with Gasteiger partial charge in [0.05, 0.1) is 0 Å². The third kappa shape index (κ3) is 1.91. The lowest BCUT2D eigenvalue weighted by molar-refractivity contribution is 0.717. The van der Waals surface area contributed by atoms with Gasteiger partial charge >= 0.3 is 0 Å². The van der Waals surface area contributed by atoms with E-state index in [9.17, 15) is 0 Å². The van der Waals surface area contributed by atoms with Crippen molar-refractivity contribution in [1.29, 1.82) is 0 Å². The van der Waals surface area contributed by atoms with Crippen LogP contribution in [0.1, 0.15) is 60.3 Å². The Morgan fingerprint density at radius 3 is 2.50 bits per heavy atom. The van der Waals surface area contributed by atoms with E-state index in [0.717, 1.165) is 11.8 Å². The molecule has 2 aromatic rings. The van der Waals surface area contributed by atoms with Gasteiger partial charge in [-0.25, -0.2) is 0 Å². The molecule has 0 nitrogen and oxygen atoms in total. The summed E-state index contributed by atoms with van der Waals surface area (Å²) < 4.78 is 0. The Balaban J connectivity index is 1.69. The summed E-state index contributed by atoms with van der Waals surface area (Å²) in [5.74, 6) is 1.71. The van der Waals surface area contributed by atoms with E-state index < -0.39 is 0 Å². The van der Waals surface area contributed by atoms with Crippen molar-refractivity contribution in [2.45, 2.75) is 38.0 Å². The molecular weight excluding hydrogens is 240 g/mol. The van der Waals surface area contributed by atoms with E-state index in [1.54, 1.807) is 11.1 Å². The Bertz CT molecular complexity index is 664. The molecule has 2 bridgehead atoms. The van der Waals surface area contributed by atoms with Crippen LogP contribution in [0.5, 0.6) is 0 Å². The van der Waals surface area contributed by atoms with Crippen LogP contribution in [0.15, 0.2) is 48.5 Å². The Hall–Kier alpha value is -1.82. The highest BCUT2D eigenvalue weighted by molar-refractivity contribution is 5.80. The summed E-state index contributed by atoms with van der Waals surface area (Å²) in [6, 6.07) is 17.8. The second kappa shape index (κ2) is 4.63. The highest BCUT2D eigenvalue weighted by atomic mass is 14.4. The van der Waals surface area contributed by atoms with Crippen molar-refractivity contribution in [3.63, 3.8) is 0 Å². The van der Waals surface area contributed by atoms with Gasteiger partial charge in [-0.3, -0.25) is 0 Å². The lowest BCUT2D eigenvalue weighted by atomic mass is 9.90. The first-order valence-corrected chi connectivity index (χ1v) is 7.69. The van der Waals surface area contributed by atoms with E-state index in [1.807, 2.05) is 0 Å². The second-order valence-corrected chi connectivity index (χ2v) is 6.29. The van der Waals surface area contributed by atoms with Gasteiger partial charge in [-0.15, -0.1) is 0 Å². The summed E-state index contributed by atoms with van der Waals surface area (Å²) in [6.07, 6.45) is 6.54. The van der Waals surface area contributed by atoms with Gasteiger partial charge in [-0.1, -0.05) is 54.6 Å². The summed E-state index contributed by atoms with van der Waals surface area (Å²) in [7, 11) is 0. The van der Waals surface area contributed by atoms with Gasteiger partial charge in [-0.05, 0) is 65.8 Å². The van der Waals surface area contributed by atoms with Crippen LogP contribution in [0.3, 0.4) is 0 Å². The molecule has 2 atom stereocenters. The predicted octanol–water partition coefficient (Wildman–Crippen LogP) is 5.61. The highest BCUT2D eigenvalue weighted by Crippen LogP contribution is 2.53. The molecule has 0 aliphatic heterocycles. The molecule has 0 amide bonds. The van der Waals surface area contributed by atoms with E-state index in [4.69, 9.17) is 0 Å². The van der Waals surface area contributed by atoms with Crippen LogP contribution < -0.4 is 0 Å². The zero-order valence-corrected chi connectivity index (χ0v) is 12.0. The normalized spacial score (nSPS) is 23.9. The standard InChI is InChI=1S/C20H20/c1-14(16-5-3-2-4-6-16)11-15-7-10-19-17-8-9-18(13-17)20(19)12-15/h2-7,10-12,17-18H,8-9,13H2,1H3/t17-,18-/m1/s1. The molecule has 0 heteroatoms. The van der Waals surface area contributed by atoms with Crippen molar-refractivity contribution in [2.75, 3.05) is 0 Å². The number of fused-ring (bicyclic) bond motifs is 5. The lowest BCUT2D eigenvalue weighted by Gasteiger charge is -2.15. The maximum Gasteiger partial charge on any atom is -0.0153 e. The summed E-state index contributed by atoms with van der Waals surface area (Å²) in [5.41, 5.74) is 7.28. The summed E-state index contributed by atoms with van der Waals surface area (Å²) in [5, 5.41) is 0. The van der Waals surface area contributed by atoms with Gasteiger partial charge in [0.1, 0.15) is 0 Å². The maximum atomic E-state index is 2.44. The summed E-state index contributed by atoms with van der Waals surface area (Å²) >= 11 is 0. The van der Waals surface area contributed by atoms with E-state index >= 15 is 0 Å². The van der Waals surface area contributed by atoms with Crippen LogP contribution in [0.2, 0.25) is 0 Å². The molecule has 2 aromatic carbocycles. The molecule has 0 radical (unpaired) electrons. The third-order valence-corrected chi connectivity index (χ3v) is 5.04. The topological polar surface area (TPSA) is 0 Å². The number of benzene rings is 2. The van der Waals surface area contributed by atoms with Crippen molar-refractivity contribution >= 4 is 11.6 Å². The van der Waals surface area contributed by atoms with E-state index in [1.165, 1.54) is 36.0 Å². The smallest absolute Gasteiger partial charge is 0.0153 e. The Morgan fingerprint density at radius 2 is 1.70 bits per heavy atom. The molecule has 0 spiro atoms. The fourth-order valence-electron chi connectivity index (χ4n) is 3.99. The Labute approximate surface area is 121 Å². The van der Waals surface area contributed by atoms with Gasteiger partial charge in [0.2, 0.25) is 0 Å². The van der Waals surface area contributed by atoms with Crippen LogP contribution in [-0.2, 0) is 0 Å². The molecule has 4 rings (SSSR count). The van der Waals surface area contributed by atoms with Crippen LogP contribution in [0, 0.1) is 0 Å². The van der Waals surface area contributed by atoms with Crippen molar-refractivity contribution in [3.8, 4) is 0 Å². The molecule has 0 saturated heterocycles. The molecule has 0 heterocycles. The van der Waals surface area contributed by atoms with Crippen molar-refractivity contribution in [2.24, 2.45) is 0 Å². The largest absolute Gasteiger partial charge is 0.0622 e. The summed E-state index contributed by atoms with van der Waals surface area (Å²) in [4.78, 5) is 0. The minimum Gasteiger partial charge on any atom is -0.0622 e. The fraction of sp³-hybridized carbons (Fsp3) is 0.300. The monoisotopic (exact) mass is 260 g/mol. The Kier molecular flexibility index (Phi) is 2.77.